The zero-order valence-corrected chi connectivity index (χ0v) is 23.7. The third-order valence-electron chi connectivity index (χ3n) is 7.11. The molecular formula is C29H29ClN2O3S2. The molecule has 0 saturated heterocycles. The van der Waals surface area contributed by atoms with Gasteiger partial charge in [-0.2, -0.15) is 0 Å². The van der Waals surface area contributed by atoms with Crippen LogP contribution in [-0.4, -0.2) is 28.2 Å². The molecule has 0 spiro atoms. The van der Waals surface area contributed by atoms with E-state index in [0.29, 0.717) is 33.1 Å². The number of hydrogen-bond donors (Lipinski definition) is 0. The van der Waals surface area contributed by atoms with Gasteiger partial charge >= 0.3 is 0 Å². The van der Waals surface area contributed by atoms with Crippen LogP contribution in [0.3, 0.4) is 0 Å². The largest absolute Gasteiger partial charge is 0.497 e. The molecule has 37 heavy (non-hydrogen) atoms. The predicted molar refractivity (Wildman–Crippen MR) is 153 cm³/mol. The molecule has 5 nitrogen and oxygen atoms in total. The molecule has 0 radical (unpaired) electrons. The van der Waals surface area contributed by atoms with Gasteiger partial charge in [-0.1, -0.05) is 44.1 Å². The number of aromatic nitrogens is 2. The fourth-order valence-corrected chi connectivity index (χ4v) is 7.22. The van der Waals surface area contributed by atoms with Crippen molar-refractivity contribution < 1.29 is 9.53 Å². The molecule has 2 heterocycles. The number of carbonyl (C=O) groups excluding carboxylic acids is 1. The minimum Gasteiger partial charge on any atom is -0.497 e. The van der Waals surface area contributed by atoms with Crippen LogP contribution in [0.5, 0.6) is 5.75 Å². The highest BCUT2D eigenvalue weighted by atomic mass is 35.5. The quantitative estimate of drug-likeness (QED) is 0.143. The fraction of sp³-hybridized carbons (Fsp3) is 0.345. The van der Waals surface area contributed by atoms with Gasteiger partial charge in [-0.25, -0.2) is 4.98 Å². The Bertz CT molecular complexity index is 1520. The van der Waals surface area contributed by atoms with E-state index >= 15 is 0 Å². The smallest absolute Gasteiger partial charge is 0.267 e. The third kappa shape index (κ3) is 5.22. The molecule has 1 unspecified atom stereocenters. The van der Waals surface area contributed by atoms with E-state index in [1.807, 2.05) is 24.3 Å². The Morgan fingerprint density at radius 1 is 1.16 bits per heavy atom. The van der Waals surface area contributed by atoms with E-state index in [1.165, 1.54) is 16.6 Å². The topological polar surface area (TPSA) is 61.2 Å². The molecule has 0 N–H and O–H groups in total. The summed E-state index contributed by atoms with van der Waals surface area (Å²) in [6.07, 6.45) is 2.92. The van der Waals surface area contributed by atoms with Crippen LogP contribution in [0.2, 0.25) is 5.02 Å². The van der Waals surface area contributed by atoms with Crippen LogP contribution < -0.4 is 10.3 Å². The number of rotatable bonds is 6. The van der Waals surface area contributed by atoms with Crippen molar-refractivity contribution in [3.63, 3.8) is 0 Å². The highest BCUT2D eigenvalue weighted by Gasteiger charge is 2.32. The van der Waals surface area contributed by atoms with E-state index in [-0.39, 0.29) is 22.5 Å². The number of aryl methyl sites for hydroxylation is 1. The number of hydrogen-bond acceptors (Lipinski definition) is 6. The third-order valence-corrected chi connectivity index (χ3v) is 9.44. The highest BCUT2D eigenvalue weighted by molar-refractivity contribution is 7.99. The zero-order chi connectivity index (χ0) is 26.3. The summed E-state index contributed by atoms with van der Waals surface area (Å²) in [6, 6.07) is 14.2. The Balaban J connectivity index is 1.58. The summed E-state index contributed by atoms with van der Waals surface area (Å²) < 4.78 is 6.95. The lowest BCUT2D eigenvalue weighted by molar-refractivity contribution is 0.102. The highest BCUT2D eigenvalue weighted by Crippen LogP contribution is 2.42. The Morgan fingerprint density at radius 2 is 1.86 bits per heavy atom. The second kappa shape index (κ2) is 10.3. The molecule has 2 aromatic heterocycles. The molecule has 0 bridgehead atoms. The number of nitrogens with zero attached hydrogens (tertiary/aromatic N) is 2. The molecule has 1 aliphatic carbocycles. The van der Waals surface area contributed by atoms with Gasteiger partial charge in [0, 0.05) is 15.5 Å². The van der Waals surface area contributed by atoms with Gasteiger partial charge in [0.25, 0.3) is 5.56 Å². The van der Waals surface area contributed by atoms with Crippen molar-refractivity contribution in [3.8, 4) is 11.4 Å². The first kappa shape index (κ1) is 26.0. The van der Waals surface area contributed by atoms with E-state index in [4.69, 9.17) is 21.3 Å². The molecule has 0 saturated carbocycles. The van der Waals surface area contributed by atoms with Gasteiger partial charge in [-0.05, 0) is 84.7 Å². The van der Waals surface area contributed by atoms with E-state index < -0.39 is 0 Å². The molecule has 2 aromatic carbocycles. The second-order valence-corrected chi connectivity index (χ2v) is 12.9. The van der Waals surface area contributed by atoms with Crippen LogP contribution in [0.1, 0.15) is 48.0 Å². The first-order valence-electron chi connectivity index (χ1n) is 12.3. The van der Waals surface area contributed by atoms with E-state index in [9.17, 15) is 9.59 Å². The molecule has 4 aromatic rings. The molecule has 0 amide bonds. The normalized spacial score (nSPS) is 15.5. The van der Waals surface area contributed by atoms with E-state index in [0.717, 1.165) is 35.0 Å². The molecule has 0 fully saturated rings. The zero-order valence-electron chi connectivity index (χ0n) is 21.3. The van der Waals surface area contributed by atoms with E-state index in [1.54, 1.807) is 47.3 Å². The number of ether oxygens (including phenoxy) is 1. The molecule has 1 aliphatic rings. The van der Waals surface area contributed by atoms with Gasteiger partial charge in [0.1, 0.15) is 10.6 Å². The Morgan fingerprint density at radius 3 is 2.51 bits per heavy atom. The summed E-state index contributed by atoms with van der Waals surface area (Å²) in [5.74, 6) is 1.39. The summed E-state index contributed by atoms with van der Waals surface area (Å²) in [5.41, 5.74) is 2.56. The lowest BCUT2D eigenvalue weighted by Crippen LogP contribution is -2.27. The minimum absolute atomic E-state index is 0.0456. The van der Waals surface area contributed by atoms with Crippen molar-refractivity contribution in [1.29, 1.82) is 0 Å². The minimum atomic E-state index is -0.0803. The molecule has 8 heteroatoms. The van der Waals surface area contributed by atoms with Crippen molar-refractivity contribution in [2.24, 2.45) is 11.3 Å². The number of Topliss-reactive ketones (excluding diaryl/α,β-unsaturated/α-hetero) is 1. The van der Waals surface area contributed by atoms with Gasteiger partial charge in [0.05, 0.1) is 23.9 Å². The number of halogens is 1. The first-order valence-corrected chi connectivity index (χ1v) is 14.5. The van der Waals surface area contributed by atoms with Crippen molar-refractivity contribution in [3.05, 3.63) is 79.9 Å². The van der Waals surface area contributed by atoms with Gasteiger partial charge in [0.2, 0.25) is 0 Å². The van der Waals surface area contributed by atoms with Crippen molar-refractivity contribution in [2.75, 3.05) is 12.9 Å². The van der Waals surface area contributed by atoms with Crippen molar-refractivity contribution >= 4 is 50.7 Å². The lowest BCUT2D eigenvalue weighted by Gasteiger charge is -2.33. The number of thiophene rings is 1. The number of fused-ring (bicyclic) bond motifs is 3. The molecule has 0 aliphatic heterocycles. The monoisotopic (exact) mass is 552 g/mol. The van der Waals surface area contributed by atoms with Crippen molar-refractivity contribution in [1.82, 2.24) is 9.55 Å². The lowest BCUT2D eigenvalue weighted by atomic mass is 9.72. The number of ketones is 1. The molecule has 1 atom stereocenters. The maximum absolute atomic E-state index is 14.1. The number of carbonyl (C=O) groups is 1. The molecular weight excluding hydrogens is 524 g/mol. The number of benzene rings is 2. The van der Waals surface area contributed by atoms with Crippen LogP contribution >= 0.6 is 34.7 Å². The fourth-order valence-electron chi connectivity index (χ4n) is 4.85. The Kier molecular flexibility index (Phi) is 7.22. The number of thioether (sulfide) groups is 1. The second-order valence-electron chi connectivity index (χ2n) is 10.4. The molecule has 5 rings (SSSR count). The SMILES string of the molecule is COc1ccc(-n2c(SCC(=O)c3ccc(Cl)cc3)nc3sc4c(c3c2=O)CCC(C(C)(C)C)C4)cc1. The van der Waals surface area contributed by atoms with Crippen LogP contribution in [-0.2, 0) is 12.8 Å². The average molecular weight is 553 g/mol. The van der Waals surface area contributed by atoms with Gasteiger partial charge in [0.15, 0.2) is 10.9 Å². The summed E-state index contributed by atoms with van der Waals surface area (Å²) >= 11 is 8.89. The van der Waals surface area contributed by atoms with Gasteiger partial charge < -0.3 is 4.74 Å². The standard InChI is InChI=1S/C29H29ClN2O3S2/c1-29(2,3)18-7-14-22-24(15-18)37-26-25(22)27(34)32(20-10-12-21(35-4)13-11-20)28(31-26)36-16-23(33)17-5-8-19(30)9-6-17/h5-6,8-13,18H,7,14-16H2,1-4H3. The molecule has 192 valence electrons. The Hall–Kier alpha value is -2.61. The summed E-state index contributed by atoms with van der Waals surface area (Å²) in [4.78, 5) is 34.0. The summed E-state index contributed by atoms with van der Waals surface area (Å²) in [5, 5.41) is 1.81. The maximum atomic E-state index is 14.1. The van der Waals surface area contributed by atoms with Gasteiger partial charge in [-0.15, -0.1) is 11.3 Å². The van der Waals surface area contributed by atoms with Crippen LogP contribution in [0.15, 0.2) is 58.5 Å². The average Bonchev–Trinajstić information content (AvgIpc) is 3.25. The summed E-state index contributed by atoms with van der Waals surface area (Å²) in [7, 11) is 1.61. The summed E-state index contributed by atoms with van der Waals surface area (Å²) in [6.45, 7) is 6.87. The van der Waals surface area contributed by atoms with Crippen LogP contribution in [0.25, 0.3) is 15.9 Å². The van der Waals surface area contributed by atoms with Gasteiger partial charge in [-0.3, -0.25) is 14.2 Å². The van der Waals surface area contributed by atoms with Crippen molar-refractivity contribution in [2.45, 2.75) is 45.2 Å². The van der Waals surface area contributed by atoms with Crippen LogP contribution in [0, 0.1) is 11.3 Å². The predicted octanol–water partition coefficient (Wildman–Crippen LogP) is 7.24. The van der Waals surface area contributed by atoms with E-state index in [2.05, 4.69) is 20.8 Å². The maximum Gasteiger partial charge on any atom is 0.267 e. The van der Waals surface area contributed by atoms with Crippen LogP contribution in [0.4, 0.5) is 0 Å². The first-order chi connectivity index (χ1) is 17.7. The Labute approximate surface area is 229 Å². The number of methoxy groups -OCH3 is 1.